The number of aliphatic hydroxyl groups excluding tert-OH is 1. The molecule has 1 amide bonds. The lowest BCUT2D eigenvalue weighted by Gasteiger charge is -2.34. The first kappa shape index (κ1) is 14.0. The van der Waals surface area contributed by atoms with Crippen molar-refractivity contribution >= 4 is 33.2 Å². The van der Waals surface area contributed by atoms with Crippen LogP contribution in [0.5, 0.6) is 0 Å². The minimum absolute atomic E-state index is 0.101. The number of aliphatic hydroxyl groups is 1. The molecule has 1 aliphatic carbocycles. The van der Waals surface area contributed by atoms with Gasteiger partial charge in [-0.25, -0.2) is 0 Å². The molecule has 1 aromatic rings. The van der Waals surface area contributed by atoms with Crippen molar-refractivity contribution in [2.24, 2.45) is 5.92 Å². The second kappa shape index (κ2) is 6.17. The lowest BCUT2D eigenvalue weighted by Crippen LogP contribution is -2.39. The Morgan fingerprint density at radius 1 is 1.50 bits per heavy atom. The average Bonchev–Trinajstić information content (AvgIpc) is 2.84. The summed E-state index contributed by atoms with van der Waals surface area (Å²) >= 11 is 4.92. The summed E-state index contributed by atoms with van der Waals surface area (Å²) < 4.78 is 0.989. The maximum Gasteiger partial charge on any atom is 0.254 e. The Hall–Kier alpha value is -0.390. The van der Waals surface area contributed by atoms with E-state index in [0.717, 1.165) is 35.0 Å². The highest BCUT2D eigenvalue weighted by molar-refractivity contribution is 9.11. The highest BCUT2D eigenvalue weighted by Crippen LogP contribution is 2.28. The van der Waals surface area contributed by atoms with E-state index in [1.165, 1.54) is 11.3 Å². The molecule has 1 aliphatic rings. The molecule has 1 heterocycles. The van der Waals surface area contributed by atoms with Crippen molar-refractivity contribution in [3.63, 3.8) is 0 Å². The van der Waals surface area contributed by atoms with Crippen LogP contribution in [-0.4, -0.2) is 35.6 Å². The molecule has 100 valence electrons. The number of thiophene rings is 1. The van der Waals surface area contributed by atoms with Crippen LogP contribution in [0.1, 0.15) is 36.0 Å². The molecule has 5 heteroatoms. The lowest BCUT2D eigenvalue weighted by molar-refractivity contribution is 0.0653. The first-order valence-electron chi connectivity index (χ1n) is 6.24. The van der Waals surface area contributed by atoms with Crippen molar-refractivity contribution in [2.75, 3.05) is 13.7 Å². The number of carbonyl (C=O) groups excluding carboxylic acids is 1. The third kappa shape index (κ3) is 3.13. The van der Waals surface area contributed by atoms with Gasteiger partial charge >= 0.3 is 0 Å². The van der Waals surface area contributed by atoms with E-state index in [0.29, 0.717) is 12.0 Å². The first-order valence-corrected chi connectivity index (χ1v) is 7.91. The molecule has 2 rings (SSSR count). The molecular weight excluding hydrogens is 314 g/mol. The van der Waals surface area contributed by atoms with Gasteiger partial charge in [0.2, 0.25) is 0 Å². The Labute approximate surface area is 120 Å². The fourth-order valence-corrected chi connectivity index (χ4v) is 3.64. The summed E-state index contributed by atoms with van der Waals surface area (Å²) in [5.41, 5.74) is 0.763. The topological polar surface area (TPSA) is 40.5 Å². The average molecular weight is 332 g/mol. The SMILES string of the molecule is CN(C(=O)c1csc(Br)c1)C1CCC(CO)CC1. The fourth-order valence-electron chi connectivity index (χ4n) is 2.51. The van der Waals surface area contributed by atoms with Gasteiger partial charge in [-0.2, -0.15) is 0 Å². The standard InChI is InChI=1S/C13H18BrNO2S/c1-15(11-4-2-9(7-16)3-5-11)13(17)10-6-12(14)18-8-10/h6,8-9,11,16H,2-5,7H2,1H3. The molecule has 0 spiro atoms. The van der Waals surface area contributed by atoms with E-state index in [4.69, 9.17) is 5.11 Å². The Morgan fingerprint density at radius 3 is 2.67 bits per heavy atom. The number of hydrogen-bond donors (Lipinski definition) is 1. The van der Waals surface area contributed by atoms with Gasteiger partial charge in [-0.15, -0.1) is 11.3 Å². The summed E-state index contributed by atoms with van der Waals surface area (Å²) in [6.45, 7) is 0.280. The van der Waals surface area contributed by atoms with E-state index in [9.17, 15) is 4.79 Å². The van der Waals surface area contributed by atoms with Gasteiger partial charge in [-0.3, -0.25) is 4.79 Å². The molecule has 0 radical (unpaired) electrons. The summed E-state index contributed by atoms with van der Waals surface area (Å²) in [5, 5.41) is 11.0. The molecule has 0 bridgehead atoms. The van der Waals surface area contributed by atoms with Crippen LogP contribution in [0.15, 0.2) is 15.2 Å². The first-order chi connectivity index (χ1) is 8.61. The minimum atomic E-state index is 0.101. The zero-order valence-electron chi connectivity index (χ0n) is 10.4. The Morgan fingerprint density at radius 2 is 2.17 bits per heavy atom. The van der Waals surface area contributed by atoms with Crippen molar-refractivity contribution in [2.45, 2.75) is 31.7 Å². The van der Waals surface area contributed by atoms with Crippen LogP contribution in [0.2, 0.25) is 0 Å². The third-order valence-corrected chi connectivity index (χ3v) is 5.26. The Bertz CT molecular complexity index is 413. The number of halogens is 1. The molecule has 1 saturated carbocycles. The van der Waals surface area contributed by atoms with Gasteiger partial charge in [-0.05, 0) is 53.6 Å². The van der Waals surface area contributed by atoms with E-state index < -0.39 is 0 Å². The smallest absolute Gasteiger partial charge is 0.254 e. The zero-order chi connectivity index (χ0) is 13.1. The van der Waals surface area contributed by atoms with Crippen LogP contribution in [0.4, 0.5) is 0 Å². The monoisotopic (exact) mass is 331 g/mol. The molecule has 1 N–H and O–H groups in total. The third-order valence-electron chi connectivity index (χ3n) is 3.76. The molecule has 1 fully saturated rings. The number of hydrogen-bond acceptors (Lipinski definition) is 3. The van der Waals surface area contributed by atoms with Gasteiger partial charge in [0.05, 0.1) is 9.35 Å². The molecule has 0 saturated heterocycles. The summed E-state index contributed by atoms with van der Waals surface area (Å²) in [5.74, 6) is 0.532. The van der Waals surface area contributed by atoms with Crippen molar-refractivity contribution in [1.29, 1.82) is 0 Å². The van der Waals surface area contributed by atoms with Crippen molar-refractivity contribution in [3.8, 4) is 0 Å². The van der Waals surface area contributed by atoms with E-state index in [1.807, 2.05) is 23.4 Å². The summed E-state index contributed by atoms with van der Waals surface area (Å²) in [7, 11) is 1.89. The summed E-state index contributed by atoms with van der Waals surface area (Å²) in [6, 6.07) is 2.20. The normalized spacial score (nSPS) is 23.9. The Kier molecular flexibility index (Phi) is 4.81. The van der Waals surface area contributed by atoms with E-state index in [2.05, 4.69) is 15.9 Å². The molecule has 18 heavy (non-hydrogen) atoms. The zero-order valence-corrected chi connectivity index (χ0v) is 12.8. The maximum absolute atomic E-state index is 12.3. The molecule has 0 aliphatic heterocycles. The molecular formula is C13H18BrNO2S. The predicted molar refractivity (Wildman–Crippen MR) is 76.9 cm³/mol. The fraction of sp³-hybridized carbons (Fsp3) is 0.615. The highest BCUT2D eigenvalue weighted by Gasteiger charge is 2.26. The molecule has 3 nitrogen and oxygen atoms in total. The van der Waals surface area contributed by atoms with Gasteiger partial charge in [0.15, 0.2) is 0 Å². The van der Waals surface area contributed by atoms with Crippen LogP contribution in [0, 0.1) is 5.92 Å². The lowest BCUT2D eigenvalue weighted by atomic mass is 9.86. The largest absolute Gasteiger partial charge is 0.396 e. The van der Waals surface area contributed by atoms with Crippen molar-refractivity contribution in [3.05, 3.63) is 20.8 Å². The van der Waals surface area contributed by atoms with Crippen LogP contribution in [0.3, 0.4) is 0 Å². The van der Waals surface area contributed by atoms with E-state index in [1.54, 1.807) is 0 Å². The molecule has 0 atom stereocenters. The molecule has 1 aromatic heterocycles. The number of nitrogens with zero attached hydrogens (tertiary/aromatic N) is 1. The molecule has 0 aromatic carbocycles. The number of rotatable bonds is 3. The molecule has 0 unspecified atom stereocenters. The quantitative estimate of drug-likeness (QED) is 0.924. The minimum Gasteiger partial charge on any atom is -0.396 e. The van der Waals surface area contributed by atoms with E-state index in [-0.39, 0.29) is 12.5 Å². The van der Waals surface area contributed by atoms with Gasteiger partial charge in [-0.1, -0.05) is 0 Å². The van der Waals surface area contributed by atoms with Crippen LogP contribution < -0.4 is 0 Å². The Balaban J connectivity index is 1.95. The van der Waals surface area contributed by atoms with Crippen LogP contribution in [0.25, 0.3) is 0 Å². The maximum atomic E-state index is 12.3. The highest BCUT2D eigenvalue weighted by atomic mass is 79.9. The van der Waals surface area contributed by atoms with Gasteiger partial charge in [0.1, 0.15) is 0 Å². The van der Waals surface area contributed by atoms with Crippen LogP contribution in [-0.2, 0) is 0 Å². The van der Waals surface area contributed by atoms with Crippen LogP contribution >= 0.6 is 27.3 Å². The second-order valence-electron chi connectivity index (χ2n) is 4.91. The predicted octanol–water partition coefficient (Wildman–Crippen LogP) is 3.13. The summed E-state index contributed by atoms with van der Waals surface area (Å²) in [6.07, 6.45) is 4.04. The van der Waals surface area contributed by atoms with Gasteiger partial charge in [0.25, 0.3) is 5.91 Å². The van der Waals surface area contributed by atoms with Gasteiger partial charge in [0, 0.05) is 25.1 Å². The van der Waals surface area contributed by atoms with Crippen molar-refractivity contribution < 1.29 is 9.90 Å². The van der Waals surface area contributed by atoms with Gasteiger partial charge < -0.3 is 10.0 Å². The van der Waals surface area contributed by atoms with Crippen molar-refractivity contribution in [1.82, 2.24) is 4.90 Å². The summed E-state index contributed by atoms with van der Waals surface area (Å²) in [4.78, 5) is 14.1. The number of carbonyl (C=O) groups is 1. The number of amides is 1. The second-order valence-corrected chi connectivity index (χ2v) is 7.20. The van der Waals surface area contributed by atoms with E-state index >= 15 is 0 Å².